The minimum Gasteiger partial charge on any atom is -0.352 e. The van der Waals surface area contributed by atoms with Crippen molar-refractivity contribution in [1.29, 1.82) is 0 Å². The molecule has 0 saturated heterocycles. The van der Waals surface area contributed by atoms with E-state index in [-0.39, 0.29) is 12.3 Å². The molecule has 0 saturated carbocycles. The van der Waals surface area contributed by atoms with Crippen molar-refractivity contribution in [2.75, 3.05) is 6.54 Å². The van der Waals surface area contributed by atoms with Crippen LogP contribution in [0.1, 0.15) is 39.5 Å². The van der Waals surface area contributed by atoms with Crippen LogP contribution in [0.2, 0.25) is 0 Å². The maximum absolute atomic E-state index is 11.3. The molecule has 2 amide bonds. The van der Waals surface area contributed by atoms with Gasteiger partial charge in [0.2, 0.25) is 11.8 Å². The van der Waals surface area contributed by atoms with Gasteiger partial charge in [-0.15, -0.1) is 6.58 Å². The van der Waals surface area contributed by atoms with Crippen molar-refractivity contribution >= 4 is 17.5 Å². The van der Waals surface area contributed by atoms with Gasteiger partial charge in [0.1, 0.15) is 6.42 Å². The van der Waals surface area contributed by atoms with Gasteiger partial charge in [-0.3, -0.25) is 9.59 Å². The third-order valence-electron chi connectivity index (χ3n) is 2.03. The number of hydrogen-bond acceptors (Lipinski definition) is 3. The van der Waals surface area contributed by atoms with E-state index in [1.807, 2.05) is 6.92 Å². The minimum atomic E-state index is -0.401. The van der Waals surface area contributed by atoms with Crippen molar-refractivity contribution in [3.05, 3.63) is 12.7 Å². The maximum atomic E-state index is 11.3. The van der Waals surface area contributed by atoms with Gasteiger partial charge in [0.15, 0.2) is 0 Å². The van der Waals surface area contributed by atoms with Gasteiger partial charge in [0.05, 0.1) is 0 Å². The first-order valence-corrected chi connectivity index (χ1v) is 5.79. The lowest BCUT2D eigenvalue weighted by molar-refractivity contribution is -0.129. The number of hydrazone groups is 1. The number of carbonyl (C=O) groups excluding carboxylic acids is 2. The van der Waals surface area contributed by atoms with Crippen LogP contribution < -0.4 is 10.7 Å². The van der Waals surface area contributed by atoms with Gasteiger partial charge in [-0.25, -0.2) is 5.43 Å². The zero-order chi connectivity index (χ0) is 13.1. The lowest BCUT2D eigenvalue weighted by atomic mass is 10.2. The summed E-state index contributed by atoms with van der Waals surface area (Å²) < 4.78 is 0. The molecule has 0 rings (SSSR count). The van der Waals surface area contributed by atoms with Crippen LogP contribution in [0.25, 0.3) is 0 Å². The van der Waals surface area contributed by atoms with Crippen LogP contribution >= 0.6 is 0 Å². The van der Waals surface area contributed by atoms with Crippen molar-refractivity contribution in [3.8, 4) is 0 Å². The smallest absolute Gasteiger partial charge is 0.249 e. The number of rotatable bonds is 8. The van der Waals surface area contributed by atoms with E-state index in [9.17, 15) is 9.59 Å². The van der Waals surface area contributed by atoms with E-state index in [2.05, 4.69) is 29.3 Å². The summed E-state index contributed by atoms with van der Waals surface area (Å²) in [6, 6.07) is 0. The Balaban J connectivity index is 3.85. The molecule has 0 aliphatic heterocycles. The van der Waals surface area contributed by atoms with Crippen molar-refractivity contribution in [2.45, 2.75) is 39.5 Å². The third-order valence-corrected chi connectivity index (χ3v) is 2.03. The summed E-state index contributed by atoms with van der Waals surface area (Å²) in [5.74, 6) is -0.730. The van der Waals surface area contributed by atoms with Gasteiger partial charge in [0.25, 0.3) is 0 Å². The van der Waals surface area contributed by atoms with Crippen LogP contribution in [-0.2, 0) is 9.59 Å². The molecule has 5 heteroatoms. The number of nitrogens with zero attached hydrogens (tertiary/aromatic N) is 1. The Bertz CT molecular complexity index is 298. The molecule has 0 aliphatic carbocycles. The average molecular weight is 239 g/mol. The average Bonchev–Trinajstić information content (AvgIpc) is 2.31. The molecule has 0 radical (unpaired) electrons. The summed E-state index contributed by atoms with van der Waals surface area (Å²) in [6.45, 7) is 7.78. The normalized spacial score (nSPS) is 10.8. The molecule has 0 atom stereocenters. The zero-order valence-corrected chi connectivity index (χ0v) is 10.6. The predicted molar refractivity (Wildman–Crippen MR) is 68.6 cm³/mol. The standard InChI is InChI=1S/C12H21N3O2/c1-4-6-7-10(3)14-15-12(17)9-11(16)13-8-5-2/h5H,2,4,6-9H2,1,3H3,(H,13,16)(H,15,17). The SMILES string of the molecule is C=CCNC(=O)CC(=O)NN=C(C)CCCC. The highest BCUT2D eigenvalue weighted by molar-refractivity contribution is 5.97. The van der Waals surface area contributed by atoms with Gasteiger partial charge >= 0.3 is 0 Å². The van der Waals surface area contributed by atoms with Gasteiger partial charge < -0.3 is 5.32 Å². The molecule has 0 aromatic carbocycles. The molecule has 0 bridgehead atoms. The van der Waals surface area contributed by atoms with E-state index >= 15 is 0 Å². The van der Waals surface area contributed by atoms with E-state index in [0.717, 1.165) is 25.0 Å². The van der Waals surface area contributed by atoms with Crippen LogP contribution in [0.4, 0.5) is 0 Å². The van der Waals surface area contributed by atoms with Gasteiger partial charge in [0, 0.05) is 12.3 Å². The molecule has 2 N–H and O–H groups in total. The van der Waals surface area contributed by atoms with E-state index < -0.39 is 5.91 Å². The lowest BCUT2D eigenvalue weighted by Gasteiger charge is -2.02. The topological polar surface area (TPSA) is 70.6 Å². The van der Waals surface area contributed by atoms with Crippen LogP contribution in [0.3, 0.4) is 0 Å². The second-order valence-electron chi connectivity index (χ2n) is 3.76. The number of unbranched alkanes of at least 4 members (excludes halogenated alkanes) is 1. The summed E-state index contributed by atoms with van der Waals surface area (Å²) in [6.07, 6.45) is 4.34. The fourth-order valence-electron chi connectivity index (χ4n) is 1.08. The van der Waals surface area contributed by atoms with E-state index in [4.69, 9.17) is 0 Å². The Kier molecular flexibility index (Phi) is 8.64. The fraction of sp³-hybridized carbons (Fsp3) is 0.583. The van der Waals surface area contributed by atoms with E-state index in [1.165, 1.54) is 0 Å². The molecular formula is C12H21N3O2. The van der Waals surface area contributed by atoms with Crippen molar-refractivity contribution in [1.82, 2.24) is 10.7 Å². The lowest BCUT2D eigenvalue weighted by Crippen LogP contribution is -2.30. The fourth-order valence-corrected chi connectivity index (χ4v) is 1.08. The van der Waals surface area contributed by atoms with Gasteiger partial charge in [-0.1, -0.05) is 19.4 Å². The highest BCUT2D eigenvalue weighted by Gasteiger charge is 2.07. The Morgan fingerprint density at radius 2 is 2.06 bits per heavy atom. The first kappa shape index (κ1) is 15.3. The van der Waals surface area contributed by atoms with Crippen LogP contribution in [0.15, 0.2) is 17.8 Å². The summed E-state index contributed by atoms with van der Waals surface area (Å²) in [5, 5.41) is 6.43. The first-order chi connectivity index (χ1) is 8.10. The first-order valence-electron chi connectivity index (χ1n) is 5.79. The number of amides is 2. The largest absolute Gasteiger partial charge is 0.352 e. The number of nitrogens with one attached hydrogen (secondary N) is 2. The highest BCUT2D eigenvalue weighted by atomic mass is 16.2. The molecule has 17 heavy (non-hydrogen) atoms. The summed E-state index contributed by atoms with van der Waals surface area (Å²) in [5.41, 5.74) is 3.23. The van der Waals surface area contributed by atoms with E-state index in [1.54, 1.807) is 6.08 Å². The predicted octanol–water partition coefficient (Wildman–Crippen LogP) is 1.36. The zero-order valence-electron chi connectivity index (χ0n) is 10.6. The second-order valence-corrected chi connectivity index (χ2v) is 3.76. The van der Waals surface area contributed by atoms with E-state index in [0.29, 0.717) is 6.54 Å². The molecule has 5 nitrogen and oxygen atoms in total. The summed E-state index contributed by atoms with van der Waals surface area (Å²) >= 11 is 0. The van der Waals surface area contributed by atoms with Crippen LogP contribution in [-0.4, -0.2) is 24.1 Å². The molecule has 0 aromatic rings. The third kappa shape index (κ3) is 9.29. The second kappa shape index (κ2) is 9.57. The molecule has 0 aliphatic rings. The number of carbonyl (C=O) groups is 2. The quantitative estimate of drug-likeness (QED) is 0.290. The Morgan fingerprint density at radius 1 is 1.35 bits per heavy atom. The molecular weight excluding hydrogens is 218 g/mol. The van der Waals surface area contributed by atoms with Crippen molar-refractivity contribution in [2.24, 2.45) is 5.10 Å². The van der Waals surface area contributed by atoms with Crippen molar-refractivity contribution < 1.29 is 9.59 Å². The molecule has 0 heterocycles. The number of hydrogen-bond donors (Lipinski definition) is 2. The Labute approximate surface area is 102 Å². The monoisotopic (exact) mass is 239 g/mol. The Morgan fingerprint density at radius 3 is 2.65 bits per heavy atom. The molecule has 0 aromatic heterocycles. The van der Waals surface area contributed by atoms with Crippen LogP contribution in [0, 0.1) is 0 Å². The summed E-state index contributed by atoms with van der Waals surface area (Å²) in [7, 11) is 0. The molecule has 0 spiro atoms. The molecule has 96 valence electrons. The summed E-state index contributed by atoms with van der Waals surface area (Å²) in [4.78, 5) is 22.5. The Hall–Kier alpha value is -1.65. The minimum absolute atomic E-state index is 0.210. The van der Waals surface area contributed by atoms with Crippen LogP contribution in [0.5, 0.6) is 0 Å². The molecule has 0 unspecified atom stereocenters. The van der Waals surface area contributed by atoms with Gasteiger partial charge in [-0.05, 0) is 19.8 Å². The highest BCUT2D eigenvalue weighted by Crippen LogP contribution is 1.95. The molecule has 0 fully saturated rings. The van der Waals surface area contributed by atoms with Gasteiger partial charge in [-0.2, -0.15) is 5.10 Å². The van der Waals surface area contributed by atoms with Crippen molar-refractivity contribution in [3.63, 3.8) is 0 Å². The maximum Gasteiger partial charge on any atom is 0.249 e.